The highest BCUT2D eigenvalue weighted by Gasteiger charge is 2.38. The van der Waals surface area contributed by atoms with Crippen molar-refractivity contribution in [2.45, 2.75) is 76.9 Å². The molecule has 0 aromatic heterocycles. The van der Waals surface area contributed by atoms with Crippen molar-refractivity contribution in [1.82, 2.24) is 9.80 Å². The van der Waals surface area contributed by atoms with Crippen LogP contribution in [0.3, 0.4) is 0 Å². The molecule has 3 fully saturated rings. The molecule has 2 saturated carbocycles. The molecule has 0 atom stereocenters. The first-order chi connectivity index (χ1) is 13.0. The third-order valence-electron chi connectivity index (χ3n) is 6.25. The van der Waals surface area contributed by atoms with Crippen LogP contribution in [0.5, 0.6) is 0 Å². The van der Waals surface area contributed by atoms with Crippen molar-refractivity contribution in [3.8, 4) is 0 Å². The summed E-state index contributed by atoms with van der Waals surface area (Å²) in [5, 5.41) is 0. The van der Waals surface area contributed by atoms with Crippen LogP contribution in [0.4, 0.5) is 0 Å². The highest BCUT2D eigenvalue weighted by molar-refractivity contribution is 6.01. The molecule has 1 aromatic carbocycles. The van der Waals surface area contributed by atoms with Crippen molar-refractivity contribution in [2.75, 3.05) is 0 Å². The molecule has 5 heteroatoms. The van der Waals surface area contributed by atoms with Gasteiger partial charge in [-0.1, -0.05) is 19.1 Å². The zero-order chi connectivity index (χ0) is 19.0. The molecule has 4 rings (SSSR count). The SMILES string of the molecule is CC1CCC(N(C(=O)c2ccc(CN3C(=O)CCC3=O)cc2)C2CC2)CC1. The lowest BCUT2D eigenvalue weighted by Gasteiger charge is -2.36. The fraction of sp³-hybridized carbons (Fsp3) is 0.591. The van der Waals surface area contributed by atoms with Crippen LogP contribution < -0.4 is 0 Å². The Balaban J connectivity index is 1.44. The summed E-state index contributed by atoms with van der Waals surface area (Å²) in [5.74, 6) is 0.697. The lowest BCUT2D eigenvalue weighted by atomic mass is 9.86. The summed E-state index contributed by atoms with van der Waals surface area (Å²) >= 11 is 0. The van der Waals surface area contributed by atoms with E-state index in [2.05, 4.69) is 11.8 Å². The summed E-state index contributed by atoms with van der Waals surface area (Å²) in [5.41, 5.74) is 1.60. The van der Waals surface area contributed by atoms with Gasteiger partial charge in [0.15, 0.2) is 0 Å². The zero-order valence-corrected chi connectivity index (χ0v) is 16.0. The maximum atomic E-state index is 13.2. The van der Waals surface area contributed by atoms with Crippen LogP contribution in [-0.4, -0.2) is 39.6 Å². The molecule has 3 amide bonds. The Morgan fingerprint density at radius 3 is 1.96 bits per heavy atom. The lowest BCUT2D eigenvalue weighted by Crippen LogP contribution is -2.43. The first kappa shape index (κ1) is 18.2. The number of rotatable bonds is 5. The standard InChI is InChI=1S/C22H28N2O3/c1-15-2-8-18(9-3-15)24(19-10-11-19)22(27)17-6-4-16(5-7-17)14-23-20(25)12-13-21(23)26/h4-7,15,18-19H,2-3,8-14H2,1H3. The molecule has 1 aliphatic heterocycles. The fourth-order valence-electron chi connectivity index (χ4n) is 4.39. The molecule has 5 nitrogen and oxygen atoms in total. The van der Waals surface area contributed by atoms with E-state index in [0.717, 1.165) is 37.2 Å². The van der Waals surface area contributed by atoms with Crippen LogP contribution in [-0.2, 0) is 16.1 Å². The number of carbonyl (C=O) groups is 3. The number of benzene rings is 1. The number of hydrogen-bond acceptors (Lipinski definition) is 3. The van der Waals surface area contributed by atoms with Gasteiger partial charge in [-0.15, -0.1) is 0 Å². The molecule has 27 heavy (non-hydrogen) atoms. The Labute approximate surface area is 160 Å². The van der Waals surface area contributed by atoms with Crippen molar-refractivity contribution in [1.29, 1.82) is 0 Å². The van der Waals surface area contributed by atoms with Gasteiger partial charge in [0, 0.05) is 30.5 Å². The number of nitrogens with zero attached hydrogens (tertiary/aromatic N) is 2. The van der Waals surface area contributed by atoms with E-state index in [9.17, 15) is 14.4 Å². The van der Waals surface area contributed by atoms with E-state index in [1.807, 2.05) is 24.3 Å². The minimum atomic E-state index is -0.105. The van der Waals surface area contributed by atoms with E-state index in [0.29, 0.717) is 37.0 Å². The largest absolute Gasteiger partial charge is 0.333 e. The van der Waals surface area contributed by atoms with E-state index in [1.165, 1.54) is 17.7 Å². The number of likely N-dealkylation sites (tertiary alicyclic amines) is 1. The molecular formula is C22H28N2O3. The summed E-state index contributed by atoms with van der Waals surface area (Å²) < 4.78 is 0. The molecule has 0 spiro atoms. The van der Waals surface area contributed by atoms with Crippen LogP contribution in [0.15, 0.2) is 24.3 Å². The topological polar surface area (TPSA) is 57.7 Å². The van der Waals surface area contributed by atoms with Crippen molar-refractivity contribution in [3.63, 3.8) is 0 Å². The van der Waals surface area contributed by atoms with Gasteiger partial charge in [-0.3, -0.25) is 19.3 Å². The number of amides is 3. The monoisotopic (exact) mass is 368 g/mol. The Hall–Kier alpha value is -2.17. The highest BCUT2D eigenvalue weighted by atomic mass is 16.2. The molecule has 1 heterocycles. The average molecular weight is 368 g/mol. The molecule has 0 radical (unpaired) electrons. The van der Waals surface area contributed by atoms with Crippen LogP contribution in [0.1, 0.15) is 74.2 Å². The second kappa shape index (κ2) is 7.45. The quantitative estimate of drug-likeness (QED) is 0.747. The molecule has 144 valence electrons. The van der Waals surface area contributed by atoms with Gasteiger partial charge in [0.1, 0.15) is 0 Å². The Bertz CT molecular complexity index is 714. The third kappa shape index (κ3) is 3.92. The van der Waals surface area contributed by atoms with Gasteiger partial charge in [-0.05, 0) is 62.1 Å². The number of hydrogen-bond donors (Lipinski definition) is 0. The predicted octanol–water partition coefficient (Wildman–Crippen LogP) is 3.52. The molecule has 2 aliphatic carbocycles. The highest BCUT2D eigenvalue weighted by Crippen LogP contribution is 2.36. The van der Waals surface area contributed by atoms with Crippen LogP contribution in [0.25, 0.3) is 0 Å². The van der Waals surface area contributed by atoms with Crippen molar-refractivity contribution < 1.29 is 14.4 Å². The number of imide groups is 1. The van der Waals surface area contributed by atoms with E-state index in [1.54, 1.807) is 0 Å². The number of carbonyl (C=O) groups excluding carboxylic acids is 3. The van der Waals surface area contributed by atoms with E-state index >= 15 is 0 Å². The smallest absolute Gasteiger partial charge is 0.254 e. The molecular weight excluding hydrogens is 340 g/mol. The van der Waals surface area contributed by atoms with Crippen LogP contribution in [0, 0.1) is 5.92 Å². The van der Waals surface area contributed by atoms with Crippen molar-refractivity contribution in [2.24, 2.45) is 5.92 Å². The maximum Gasteiger partial charge on any atom is 0.254 e. The molecule has 1 aromatic rings. The Morgan fingerprint density at radius 2 is 1.44 bits per heavy atom. The maximum absolute atomic E-state index is 13.2. The Kier molecular flexibility index (Phi) is 5.02. The second-order valence-corrected chi connectivity index (χ2v) is 8.43. The average Bonchev–Trinajstić information content (AvgIpc) is 3.46. The Morgan fingerprint density at radius 1 is 0.926 bits per heavy atom. The van der Waals surface area contributed by atoms with Crippen molar-refractivity contribution in [3.05, 3.63) is 35.4 Å². The second-order valence-electron chi connectivity index (χ2n) is 8.43. The van der Waals surface area contributed by atoms with Gasteiger partial charge >= 0.3 is 0 Å². The first-order valence-electron chi connectivity index (χ1n) is 10.3. The molecule has 1 saturated heterocycles. The summed E-state index contributed by atoms with van der Waals surface area (Å²) in [4.78, 5) is 40.2. The summed E-state index contributed by atoms with van der Waals surface area (Å²) in [7, 11) is 0. The fourth-order valence-corrected chi connectivity index (χ4v) is 4.39. The summed E-state index contributed by atoms with van der Waals surface area (Å²) in [6.07, 6.45) is 7.50. The van der Waals surface area contributed by atoms with Crippen molar-refractivity contribution >= 4 is 17.7 Å². The van der Waals surface area contributed by atoms with Gasteiger partial charge in [0.2, 0.25) is 11.8 Å². The van der Waals surface area contributed by atoms with Gasteiger partial charge < -0.3 is 4.90 Å². The van der Waals surface area contributed by atoms with Crippen LogP contribution >= 0.6 is 0 Å². The lowest BCUT2D eigenvalue weighted by molar-refractivity contribution is -0.139. The van der Waals surface area contributed by atoms with Gasteiger partial charge in [-0.2, -0.15) is 0 Å². The molecule has 0 unspecified atom stereocenters. The van der Waals surface area contributed by atoms with Gasteiger partial charge in [0.25, 0.3) is 5.91 Å². The normalized spacial score (nSPS) is 25.7. The van der Waals surface area contributed by atoms with E-state index in [-0.39, 0.29) is 17.7 Å². The predicted molar refractivity (Wildman–Crippen MR) is 102 cm³/mol. The molecule has 3 aliphatic rings. The minimum absolute atomic E-state index is 0.105. The zero-order valence-electron chi connectivity index (χ0n) is 16.0. The summed E-state index contributed by atoms with van der Waals surface area (Å²) in [6.45, 7) is 2.60. The van der Waals surface area contributed by atoms with Gasteiger partial charge in [-0.25, -0.2) is 0 Å². The van der Waals surface area contributed by atoms with E-state index in [4.69, 9.17) is 0 Å². The molecule has 0 N–H and O–H groups in total. The van der Waals surface area contributed by atoms with Gasteiger partial charge in [0.05, 0.1) is 6.54 Å². The van der Waals surface area contributed by atoms with E-state index < -0.39 is 0 Å². The first-order valence-corrected chi connectivity index (χ1v) is 10.3. The minimum Gasteiger partial charge on any atom is -0.333 e. The van der Waals surface area contributed by atoms with Crippen LogP contribution in [0.2, 0.25) is 0 Å². The molecule has 0 bridgehead atoms. The third-order valence-corrected chi connectivity index (χ3v) is 6.25. The summed E-state index contributed by atoms with van der Waals surface area (Å²) in [6, 6.07) is 8.24.